The zero-order valence-corrected chi connectivity index (χ0v) is 12.0. The Labute approximate surface area is 119 Å². The summed E-state index contributed by atoms with van der Waals surface area (Å²) >= 11 is 13.8. The molecule has 2 aromatic heterocycles. The van der Waals surface area contributed by atoms with Crippen molar-refractivity contribution in [3.63, 3.8) is 0 Å². The van der Waals surface area contributed by atoms with Crippen molar-refractivity contribution in [2.75, 3.05) is 0 Å². The predicted octanol–water partition coefficient (Wildman–Crippen LogP) is 4.76. The van der Waals surface area contributed by atoms with Crippen molar-refractivity contribution in [2.45, 2.75) is 13.5 Å². The number of thiophene rings is 1. The van der Waals surface area contributed by atoms with E-state index in [1.807, 2.05) is 19.1 Å². The lowest BCUT2D eigenvalue weighted by Gasteiger charge is -2.08. The number of hydrogen-bond acceptors (Lipinski definition) is 2. The second-order valence-corrected chi connectivity index (χ2v) is 5.83. The molecule has 0 atom stereocenters. The maximum Gasteiger partial charge on any atom is 0.141 e. The molecule has 0 saturated carbocycles. The molecule has 3 aromatic rings. The first-order valence-electron chi connectivity index (χ1n) is 5.49. The van der Waals surface area contributed by atoms with Crippen molar-refractivity contribution < 1.29 is 0 Å². The Balaban J connectivity index is 2.05. The van der Waals surface area contributed by atoms with E-state index in [1.54, 1.807) is 17.4 Å². The number of rotatable bonds is 2. The van der Waals surface area contributed by atoms with Crippen molar-refractivity contribution in [1.82, 2.24) is 9.55 Å². The number of aromatic nitrogens is 2. The van der Waals surface area contributed by atoms with Gasteiger partial charge in [-0.25, -0.2) is 4.98 Å². The van der Waals surface area contributed by atoms with E-state index < -0.39 is 0 Å². The fourth-order valence-corrected chi connectivity index (χ4v) is 3.26. The Morgan fingerprint density at radius 2 is 2.11 bits per heavy atom. The highest BCUT2D eigenvalue weighted by atomic mass is 35.5. The van der Waals surface area contributed by atoms with Gasteiger partial charge in [0, 0.05) is 10.0 Å². The average Bonchev–Trinajstić information content (AvgIpc) is 2.85. The van der Waals surface area contributed by atoms with Crippen LogP contribution in [0.15, 0.2) is 29.6 Å². The summed E-state index contributed by atoms with van der Waals surface area (Å²) < 4.78 is 2.17. The molecule has 0 bridgehead atoms. The van der Waals surface area contributed by atoms with E-state index in [-0.39, 0.29) is 0 Å². The molecule has 1 aromatic carbocycles. The van der Waals surface area contributed by atoms with E-state index in [0.717, 1.165) is 28.3 Å². The van der Waals surface area contributed by atoms with Crippen LogP contribution in [0.3, 0.4) is 0 Å². The first-order chi connectivity index (χ1) is 8.65. The standard InChI is InChI=1S/C13H10Cl2N2S/c1-8-16-13-12(4-5-18-13)17(8)7-9-2-3-10(14)6-11(9)15/h2-6H,7H2,1H3. The van der Waals surface area contributed by atoms with Gasteiger partial charge in [0.15, 0.2) is 0 Å². The molecule has 0 unspecified atom stereocenters. The number of aryl methyl sites for hydroxylation is 1. The Morgan fingerprint density at radius 1 is 1.28 bits per heavy atom. The summed E-state index contributed by atoms with van der Waals surface area (Å²) in [5, 5.41) is 3.41. The van der Waals surface area contributed by atoms with Crippen molar-refractivity contribution in [1.29, 1.82) is 0 Å². The largest absolute Gasteiger partial charge is 0.323 e. The molecule has 5 heteroatoms. The molecule has 2 heterocycles. The van der Waals surface area contributed by atoms with Gasteiger partial charge >= 0.3 is 0 Å². The number of halogens is 2. The molecule has 0 amide bonds. The summed E-state index contributed by atoms with van der Waals surface area (Å²) in [6, 6.07) is 7.68. The lowest BCUT2D eigenvalue weighted by molar-refractivity contribution is 0.786. The molecule has 0 aliphatic carbocycles. The van der Waals surface area contributed by atoms with E-state index in [9.17, 15) is 0 Å². The second kappa shape index (κ2) is 4.57. The van der Waals surface area contributed by atoms with Crippen molar-refractivity contribution in [3.05, 3.63) is 51.1 Å². The van der Waals surface area contributed by atoms with Gasteiger partial charge < -0.3 is 4.57 Å². The number of imidazole rings is 1. The highest BCUT2D eigenvalue weighted by Gasteiger charge is 2.10. The third kappa shape index (κ3) is 2.03. The van der Waals surface area contributed by atoms with Crippen molar-refractivity contribution in [3.8, 4) is 0 Å². The lowest BCUT2D eigenvalue weighted by Crippen LogP contribution is -2.02. The van der Waals surface area contributed by atoms with Crippen LogP contribution in [0.4, 0.5) is 0 Å². The SMILES string of the molecule is Cc1nc2sccc2n1Cc1ccc(Cl)cc1Cl. The summed E-state index contributed by atoms with van der Waals surface area (Å²) in [6.07, 6.45) is 0. The summed E-state index contributed by atoms with van der Waals surface area (Å²) in [5.41, 5.74) is 2.21. The molecule has 0 fully saturated rings. The van der Waals surface area contributed by atoms with E-state index in [0.29, 0.717) is 10.0 Å². The fourth-order valence-electron chi connectivity index (χ4n) is 1.99. The Bertz CT molecular complexity index is 715. The highest BCUT2D eigenvalue weighted by Crippen LogP contribution is 2.26. The average molecular weight is 297 g/mol. The Hall–Kier alpha value is -1.03. The van der Waals surface area contributed by atoms with Crippen LogP contribution >= 0.6 is 34.5 Å². The van der Waals surface area contributed by atoms with E-state index in [1.165, 1.54) is 0 Å². The minimum absolute atomic E-state index is 0.659. The first kappa shape index (κ1) is 12.0. The first-order valence-corrected chi connectivity index (χ1v) is 7.13. The fraction of sp³-hybridized carbons (Fsp3) is 0.154. The quantitative estimate of drug-likeness (QED) is 0.666. The van der Waals surface area contributed by atoms with E-state index >= 15 is 0 Å². The summed E-state index contributed by atoms with van der Waals surface area (Å²) in [5.74, 6) is 1.00. The Morgan fingerprint density at radius 3 is 2.89 bits per heavy atom. The predicted molar refractivity (Wildman–Crippen MR) is 77.9 cm³/mol. The molecule has 2 nitrogen and oxygen atoms in total. The van der Waals surface area contributed by atoms with Gasteiger partial charge in [-0.15, -0.1) is 11.3 Å². The van der Waals surface area contributed by atoms with Crippen LogP contribution in [0.5, 0.6) is 0 Å². The van der Waals surface area contributed by atoms with E-state index in [2.05, 4.69) is 21.0 Å². The van der Waals surface area contributed by atoms with Gasteiger partial charge in [-0.1, -0.05) is 29.3 Å². The molecule has 92 valence electrons. The number of nitrogens with zero attached hydrogens (tertiary/aromatic N) is 2. The van der Waals surface area contributed by atoms with Crippen LogP contribution in [0.25, 0.3) is 10.3 Å². The van der Waals surface area contributed by atoms with Gasteiger partial charge in [-0.05, 0) is 36.1 Å². The topological polar surface area (TPSA) is 17.8 Å². The Kier molecular flexibility index (Phi) is 3.06. The maximum absolute atomic E-state index is 6.21. The van der Waals surface area contributed by atoms with Crippen molar-refractivity contribution >= 4 is 44.9 Å². The normalized spacial score (nSPS) is 11.3. The van der Waals surface area contributed by atoms with Crippen LogP contribution in [-0.4, -0.2) is 9.55 Å². The maximum atomic E-state index is 6.21. The molecule has 0 radical (unpaired) electrons. The minimum atomic E-state index is 0.659. The molecular weight excluding hydrogens is 287 g/mol. The van der Waals surface area contributed by atoms with Crippen LogP contribution < -0.4 is 0 Å². The number of benzene rings is 1. The van der Waals surface area contributed by atoms with Crippen molar-refractivity contribution in [2.24, 2.45) is 0 Å². The van der Waals surface area contributed by atoms with Gasteiger partial charge in [0.05, 0.1) is 12.1 Å². The van der Waals surface area contributed by atoms with Crippen LogP contribution in [0, 0.1) is 6.92 Å². The third-order valence-corrected chi connectivity index (χ3v) is 4.30. The minimum Gasteiger partial charge on any atom is -0.323 e. The van der Waals surface area contributed by atoms with Gasteiger partial charge in [0.1, 0.15) is 10.7 Å². The molecule has 0 aliphatic heterocycles. The molecule has 0 aliphatic rings. The third-order valence-electron chi connectivity index (χ3n) is 2.91. The molecular formula is C13H10Cl2N2S. The molecule has 0 N–H and O–H groups in total. The van der Waals surface area contributed by atoms with Gasteiger partial charge in [0.2, 0.25) is 0 Å². The molecule has 0 saturated heterocycles. The highest BCUT2D eigenvalue weighted by molar-refractivity contribution is 7.16. The van der Waals surface area contributed by atoms with Gasteiger partial charge in [0.25, 0.3) is 0 Å². The summed E-state index contributed by atoms with van der Waals surface area (Å²) in [6.45, 7) is 2.73. The van der Waals surface area contributed by atoms with Gasteiger partial charge in [-0.3, -0.25) is 0 Å². The lowest BCUT2D eigenvalue weighted by atomic mass is 10.2. The van der Waals surface area contributed by atoms with Crippen LogP contribution in [0.1, 0.15) is 11.4 Å². The smallest absolute Gasteiger partial charge is 0.141 e. The number of fused-ring (bicyclic) bond motifs is 1. The van der Waals surface area contributed by atoms with E-state index in [4.69, 9.17) is 23.2 Å². The molecule has 3 rings (SSSR count). The monoisotopic (exact) mass is 296 g/mol. The number of hydrogen-bond donors (Lipinski definition) is 0. The van der Waals surface area contributed by atoms with Gasteiger partial charge in [-0.2, -0.15) is 0 Å². The summed E-state index contributed by atoms with van der Waals surface area (Å²) in [4.78, 5) is 5.60. The summed E-state index contributed by atoms with van der Waals surface area (Å²) in [7, 11) is 0. The molecule has 18 heavy (non-hydrogen) atoms. The zero-order valence-electron chi connectivity index (χ0n) is 9.65. The van der Waals surface area contributed by atoms with Crippen LogP contribution in [0.2, 0.25) is 10.0 Å². The zero-order chi connectivity index (χ0) is 12.7. The molecule has 0 spiro atoms. The van der Waals surface area contributed by atoms with Crippen LogP contribution in [-0.2, 0) is 6.54 Å². The second-order valence-electron chi connectivity index (χ2n) is 4.09.